The van der Waals surface area contributed by atoms with E-state index < -0.39 is 9.84 Å². The molecular weight excluding hydrogens is 358 g/mol. The lowest BCUT2D eigenvalue weighted by molar-refractivity contribution is -0.120. The number of sulfone groups is 1. The van der Waals surface area contributed by atoms with Crippen LogP contribution in [-0.2, 0) is 14.6 Å². The summed E-state index contributed by atoms with van der Waals surface area (Å²) in [4.78, 5) is 18.9. The Balaban J connectivity index is 1.48. The SMILES string of the molecule is O=C(CCS(=O)(=O)c1ccccc1)NCC1CCCN1c1nccs1. The van der Waals surface area contributed by atoms with Crippen molar-refractivity contribution in [1.29, 1.82) is 0 Å². The van der Waals surface area contributed by atoms with E-state index in [1.807, 2.05) is 5.38 Å². The van der Waals surface area contributed by atoms with Crippen LogP contribution in [0.2, 0.25) is 0 Å². The van der Waals surface area contributed by atoms with E-state index in [9.17, 15) is 13.2 Å². The van der Waals surface area contributed by atoms with Gasteiger partial charge in [-0.05, 0) is 25.0 Å². The molecule has 1 saturated heterocycles. The standard InChI is InChI=1S/C17H21N3O3S2/c21-16(8-12-25(22,23)15-6-2-1-3-7-15)19-13-14-5-4-10-20(14)17-18-9-11-24-17/h1-3,6-7,9,11,14H,4-5,8,10,12-13H2,(H,19,21). The number of aromatic nitrogens is 1. The van der Waals surface area contributed by atoms with Crippen molar-refractivity contribution in [3.05, 3.63) is 41.9 Å². The normalized spacial score (nSPS) is 17.6. The predicted molar refractivity (Wildman–Crippen MR) is 98.6 cm³/mol. The fourth-order valence-corrected chi connectivity index (χ4v) is 4.95. The molecule has 1 fully saturated rings. The average molecular weight is 380 g/mol. The van der Waals surface area contributed by atoms with E-state index in [0.29, 0.717) is 6.54 Å². The summed E-state index contributed by atoms with van der Waals surface area (Å²) in [6.07, 6.45) is 3.83. The van der Waals surface area contributed by atoms with Crippen LogP contribution in [-0.4, -0.2) is 44.2 Å². The van der Waals surface area contributed by atoms with Gasteiger partial charge in [0.05, 0.1) is 10.6 Å². The van der Waals surface area contributed by atoms with Crippen molar-refractivity contribution >= 4 is 32.2 Å². The number of anilines is 1. The summed E-state index contributed by atoms with van der Waals surface area (Å²) in [5, 5.41) is 5.79. The highest BCUT2D eigenvalue weighted by Crippen LogP contribution is 2.26. The second kappa shape index (κ2) is 7.97. The van der Waals surface area contributed by atoms with Crippen LogP contribution in [0.25, 0.3) is 0 Å². The van der Waals surface area contributed by atoms with Gasteiger partial charge in [-0.1, -0.05) is 18.2 Å². The van der Waals surface area contributed by atoms with Gasteiger partial charge in [0.2, 0.25) is 5.91 Å². The zero-order chi connectivity index (χ0) is 17.7. The van der Waals surface area contributed by atoms with Gasteiger partial charge in [-0.2, -0.15) is 0 Å². The van der Waals surface area contributed by atoms with E-state index in [2.05, 4.69) is 15.2 Å². The van der Waals surface area contributed by atoms with E-state index in [1.165, 1.54) is 0 Å². The van der Waals surface area contributed by atoms with Crippen LogP contribution >= 0.6 is 11.3 Å². The van der Waals surface area contributed by atoms with E-state index in [1.54, 1.807) is 47.9 Å². The van der Waals surface area contributed by atoms with Crippen molar-refractivity contribution in [3.63, 3.8) is 0 Å². The molecule has 2 heterocycles. The molecule has 0 spiro atoms. The molecule has 6 nitrogen and oxygen atoms in total. The summed E-state index contributed by atoms with van der Waals surface area (Å²) < 4.78 is 24.4. The highest BCUT2D eigenvalue weighted by Gasteiger charge is 2.26. The highest BCUT2D eigenvalue weighted by molar-refractivity contribution is 7.91. The number of benzene rings is 1. The van der Waals surface area contributed by atoms with E-state index >= 15 is 0 Å². The third-order valence-electron chi connectivity index (χ3n) is 4.28. The maximum atomic E-state index is 12.2. The number of hydrogen-bond donors (Lipinski definition) is 1. The second-order valence-electron chi connectivity index (χ2n) is 5.99. The average Bonchev–Trinajstić information content (AvgIpc) is 3.30. The van der Waals surface area contributed by atoms with Gasteiger partial charge in [0, 0.05) is 37.1 Å². The molecule has 1 amide bonds. The van der Waals surface area contributed by atoms with Gasteiger partial charge in [-0.3, -0.25) is 4.79 Å². The quantitative estimate of drug-likeness (QED) is 0.797. The molecule has 1 N–H and O–H groups in total. The minimum absolute atomic E-state index is 0.0266. The lowest BCUT2D eigenvalue weighted by Crippen LogP contribution is -2.40. The molecule has 3 rings (SSSR count). The Morgan fingerprint density at radius 3 is 2.84 bits per heavy atom. The zero-order valence-electron chi connectivity index (χ0n) is 13.8. The van der Waals surface area contributed by atoms with Crippen LogP contribution in [0.3, 0.4) is 0 Å². The summed E-state index contributed by atoms with van der Waals surface area (Å²) >= 11 is 1.59. The summed E-state index contributed by atoms with van der Waals surface area (Å²) in [5.41, 5.74) is 0. The number of carbonyl (C=O) groups is 1. The largest absolute Gasteiger partial charge is 0.354 e. The minimum atomic E-state index is -3.42. The molecule has 25 heavy (non-hydrogen) atoms. The summed E-state index contributed by atoms with van der Waals surface area (Å²) in [6.45, 7) is 1.46. The Labute approximate surface area is 151 Å². The smallest absolute Gasteiger partial charge is 0.221 e. The molecule has 1 aromatic heterocycles. The lowest BCUT2D eigenvalue weighted by atomic mass is 10.2. The molecule has 1 aliphatic rings. The molecule has 8 heteroatoms. The Kier molecular flexibility index (Phi) is 5.70. The summed E-state index contributed by atoms with van der Waals surface area (Å²) in [6, 6.07) is 8.46. The molecular formula is C17H21N3O3S2. The maximum absolute atomic E-state index is 12.2. The number of nitrogens with zero attached hydrogens (tertiary/aromatic N) is 2. The molecule has 0 aliphatic carbocycles. The Morgan fingerprint density at radius 1 is 1.32 bits per heavy atom. The van der Waals surface area contributed by atoms with Crippen molar-refractivity contribution in [3.8, 4) is 0 Å². The van der Waals surface area contributed by atoms with Crippen LogP contribution in [0.15, 0.2) is 46.8 Å². The summed E-state index contributed by atoms with van der Waals surface area (Å²) in [5.74, 6) is -0.408. The molecule has 1 unspecified atom stereocenters. The van der Waals surface area contributed by atoms with Gasteiger partial charge in [0.15, 0.2) is 15.0 Å². The summed E-state index contributed by atoms with van der Waals surface area (Å²) in [7, 11) is -3.42. The number of thiazole rings is 1. The van der Waals surface area contributed by atoms with Crippen LogP contribution in [0.5, 0.6) is 0 Å². The maximum Gasteiger partial charge on any atom is 0.221 e. The van der Waals surface area contributed by atoms with Crippen molar-refractivity contribution in [1.82, 2.24) is 10.3 Å². The first-order chi connectivity index (χ1) is 12.1. The molecule has 0 bridgehead atoms. The Hall–Kier alpha value is -1.93. The van der Waals surface area contributed by atoms with E-state index in [0.717, 1.165) is 24.5 Å². The lowest BCUT2D eigenvalue weighted by Gasteiger charge is -2.24. The highest BCUT2D eigenvalue weighted by atomic mass is 32.2. The molecule has 0 radical (unpaired) electrons. The first-order valence-electron chi connectivity index (χ1n) is 8.27. The van der Waals surface area contributed by atoms with Gasteiger partial charge in [-0.25, -0.2) is 13.4 Å². The van der Waals surface area contributed by atoms with Crippen LogP contribution in [0.4, 0.5) is 5.13 Å². The predicted octanol–water partition coefficient (Wildman–Crippen LogP) is 2.09. The van der Waals surface area contributed by atoms with Crippen LogP contribution in [0.1, 0.15) is 19.3 Å². The monoisotopic (exact) mass is 379 g/mol. The number of nitrogens with one attached hydrogen (secondary N) is 1. The van der Waals surface area contributed by atoms with Gasteiger partial charge < -0.3 is 10.2 Å². The third-order valence-corrected chi connectivity index (χ3v) is 6.82. The third kappa shape index (κ3) is 4.58. The first-order valence-corrected chi connectivity index (χ1v) is 10.8. The number of hydrogen-bond acceptors (Lipinski definition) is 6. The number of amides is 1. The van der Waals surface area contributed by atoms with Gasteiger partial charge >= 0.3 is 0 Å². The second-order valence-corrected chi connectivity index (χ2v) is 8.97. The van der Waals surface area contributed by atoms with E-state index in [4.69, 9.17) is 0 Å². The van der Waals surface area contributed by atoms with Gasteiger partial charge in [0.1, 0.15) is 0 Å². The zero-order valence-corrected chi connectivity index (χ0v) is 15.4. The Bertz CT molecular complexity index is 792. The van der Waals surface area contributed by atoms with Crippen molar-refractivity contribution < 1.29 is 13.2 Å². The number of rotatable bonds is 7. The number of carbonyl (C=O) groups excluding carboxylic acids is 1. The minimum Gasteiger partial charge on any atom is -0.354 e. The van der Waals surface area contributed by atoms with Crippen molar-refractivity contribution in [2.75, 3.05) is 23.7 Å². The molecule has 0 saturated carbocycles. The van der Waals surface area contributed by atoms with Gasteiger partial charge in [0.25, 0.3) is 0 Å². The first kappa shape index (κ1) is 17.9. The fraction of sp³-hybridized carbons (Fsp3) is 0.412. The molecule has 1 aromatic carbocycles. The van der Waals surface area contributed by atoms with Crippen molar-refractivity contribution in [2.24, 2.45) is 0 Å². The molecule has 134 valence electrons. The molecule has 1 aliphatic heterocycles. The molecule has 2 aromatic rings. The van der Waals surface area contributed by atoms with Crippen LogP contribution in [0, 0.1) is 0 Å². The van der Waals surface area contributed by atoms with E-state index in [-0.39, 0.29) is 29.0 Å². The van der Waals surface area contributed by atoms with Crippen molar-refractivity contribution in [2.45, 2.75) is 30.2 Å². The topological polar surface area (TPSA) is 79.4 Å². The fourth-order valence-electron chi connectivity index (χ4n) is 2.95. The molecule has 1 atom stereocenters. The Morgan fingerprint density at radius 2 is 2.12 bits per heavy atom. The van der Waals surface area contributed by atoms with Crippen LogP contribution < -0.4 is 10.2 Å². The van der Waals surface area contributed by atoms with Gasteiger partial charge in [-0.15, -0.1) is 11.3 Å².